The van der Waals surface area contributed by atoms with Crippen molar-refractivity contribution < 1.29 is 22.3 Å². The molecular weight excluding hydrogens is 658 g/mol. The Morgan fingerprint density at radius 2 is 2.11 bits per heavy atom. The van der Waals surface area contributed by atoms with Crippen LogP contribution in [0.25, 0.3) is 10.2 Å². The van der Waals surface area contributed by atoms with Crippen molar-refractivity contribution in [3.05, 3.63) is 63.4 Å². The first kappa shape index (κ1) is 27.5. The minimum Gasteiger partial charge on any atom is -0.493 e. The highest BCUT2D eigenvalue weighted by Gasteiger charge is 2.43. The summed E-state index contributed by atoms with van der Waals surface area (Å²) in [5, 5.41) is 4.20. The standard InChI is InChI=1S/C25H28FIN4O4S2Si/c1-38(2,3)12-11-37(33,34)31-9-10-35-21-15-30(14-20(21)31)25(32)22-17-5-4-8-28-23(17)36-24(22)29-19-7-6-16(27)13-18(19)26/h4-8,13,15,20,29H,9-12,14H2,1-3H3/t20-/m0/s1. The molecule has 2 aliphatic heterocycles. The first-order chi connectivity index (χ1) is 17.9. The Labute approximate surface area is 240 Å². The van der Waals surface area contributed by atoms with Crippen LogP contribution in [0.5, 0.6) is 0 Å². The molecule has 0 spiro atoms. The van der Waals surface area contributed by atoms with Gasteiger partial charge in [-0.25, -0.2) is 17.8 Å². The number of nitrogens with zero attached hydrogens (tertiary/aromatic N) is 3. The number of sulfonamides is 1. The summed E-state index contributed by atoms with van der Waals surface area (Å²) in [7, 11) is -5.08. The van der Waals surface area contributed by atoms with Gasteiger partial charge in [-0.05, 0) is 59.0 Å². The van der Waals surface area contributed by atoms with Gasteiger partial charge in [0.05, 0.1) is 17.0 Å². The van der Waals surface area contributed by atoms with Crippen LogP contribution in [0.3, 0.4) is 0 Å². The fourth-order valence-corrected chi connectivity index (χ4v) is 10.6. The largest absolute Gasteiger partial charge is 0.493 e. The van der Waals surface area contributed by atoms with E-state index in [0.717, 1.165) is 3.57 Å². The summed E-state index contributed by atoms with van der Waals surface area (Å²) in [5.74, 6) is -0.195. The summed E-state index contributed by atoms with van der Waals surface area (Å²) in [5.41, 5.74) is 0.613. The Morgan fingerprint density at radius 3 is 2.84 bits per heavy atom. The molecule has 0 radical (unpaired) electrons. The smallest absolute Gasteiger partial charge is 0.261 e. The van der Waals surface area contributed by atoms with Crippen LogP contribution in [0, 0.1) is 9.39 Å². The molecule has 13 heteroatoms. The molecule has 1 saturated heterocycles. The maximum Gasteiger partial charge on any atom is 0.261 e. The van der Waals surface area contributed by atoms with Crippen LogP contribution in [0.4, 0.5) is 15.1 Å². The van der Waals surface area contributed by atoms with E-state index in [-0.39, 0.29) is 37.0 Å². The normalized spacial score (nSPS) is 18.3. The maximum atomic E-state index is 14.7. The number of thiophene rings is 1. The van der Waals surface area contributed by atoms with E-state index in [1.165, 1.54) is 26.6 Å². The van der Waals surface area contributed by atoms with Crippen molar-refractivity contribution in [3.8, 4) is 0 Å². The number of nitrogens with one attached hydrogen (secondary N) is 1. The Kier molecular flexibility index (Phi) is 7.58. The third-order valence-electron chi connectivity index (χ3n) is 6.50. The molecule has 5 rings (SSSR count). The quantitative estimate of drug-likeness (QED) is 0.263. The third kappa shape index (κ3) is 5.62. The molecule has 1 N–H and O–H groups in total. The SMILES string of the molecule is C[Si](C)(C)CCS(=O)(=O)N1CCOC2=CN(C(=O)c3c(Nc4ccc(I)cc4F)sc4ncccc34)C[C@@H]21. The van der Waals surface area contributed by atoms with Crippen molar-refractivity contribution in [2.24, 2.45) is 0 Å². The van der Waals surface area contributed by atoms with E-state index in [1.54, 1.807) is 36.7 Å². The highest BCUT2D eigenvalue weighted by atomic mass is 127. The minimum atomic E-state index is -3.52. The van der Waals surface area contributed by atoms with Crippen molar-refractivity contribution in [1.29, 1.82) is 0 Å². The lowest BCUT2D eigenvalue weighted by Gasteiger charge is -2.34. The molecule has 1 fully saturated rings. The number of halogens is 2. The summed E-state index contributed by atoms with van der Waals surface area (Å²) >= 11 is 3.31. The number of morpholine rings is 1. The van der Waals surface area contributed by atoms with Crippen LogP contribution in [0.15, 0.2) is 48.5 Å². The Balaban J connectivity index is 1.45. The van der Waals surface area contributed by atoms with Gasteiger partial charge in [0.2, 0.25) is 10.0 Å². The van der Waals surface area contributed by atoms with Gasteiger partial charge in [-0.15, -0.1) is 0 Å². The van der Waals surface area contributed by atoms with Gasteiger partial charge in [0.15, 0.2) is 0 Å². The summed E-state index contributed by atoms with van der Waals surface area (Å²) in [6, 6.07) is 8.49. The average molecular weight is 687 g/mol. The van der Waals surface area contributed by atoms with Gasteiger partial charge in [-0.3, -0.25) is 4.79 Å². The van der Waals surface area contributed by atoms with Crippen molar-refractivity contribution in [2.75, 3.05) is 30.8 Å². The second-order valence-corrected chi connectivity index (χ2v) is 20.4. The number of ether oxygens (including phenoxy) is 1. The van der Waals surface area contributed by atoms with Crippen LogP contribution in [-0.4, -0.2) is 68.1 Å². The van der Waals surface area contributed by atoms with Gasteiger partial charge in [0.1, 0.15) is 34.1 Å². The second kappa shape index (κ2) is 10.5. The number of rotatable bonds is 7. The highest BCUT2D eigenvalue weighted by Crippen LogP contribution is 2.39. The van der Waals surface area contributed by atoms with Gasteiger partial charge in [-0.1, -0.05) is 31.0 Å². The van der Waals surface area contributed by atoms with E-state index in [9.17, 15) is 17.6 Å². The Bertz CT molecular complexity index is 1540. The van der Waals surface area contributed by atoms with Gasteiger partial charge in [0.25, 0.3) is 5.91 Å². The molecule has 0 saturated carbocycles. The minimum absolute atomic E-state index is 0.0942. The Morgan fingerprint density at radius 1 is 1.32 bits per heavy atom. The van der Waals surface area contributed by atoms with E-state index in [4.69, 9.17) is 4.74 Å². The highest BCUT2D eigenvalue weighted by molar-refractivity contribution is 14.1. The molecule has 0 unspecified atom stereocenters. The van der Waals surface area contributed by atoms with E-state index in [2.05, 4.69) is 29.9 Å². The third-order valence-corrected chi connectivity index (χ3v) is 12.2. The summed E-state index contributed by atoms with van der Waals surface area (Å²) < 4.78 is 49.3. The fraction of sp³-hybridized carbons (Fsp3) is 0.360. The topological polar surface area (TPSA) is 91.8 Å². The predicted octanol–water partition coefficient (Wildman–Crippen LogP) is 5.45. The molecule has 38 heavy (non-hydrogen) atoms. The molecule has 0 aliphatic carbocycles. The molecule has 2 aromatic heterocycles. The molecule has 1 amide bonds. The molecular formula is C25H28FIN4O4S2Si. The Hall–Kier alpha value is -2.07. The predicted molar refractivity (Wildman–Crippen MR) is 160 cm³/mol. The van der Waals surface area contributed by atoms with Crippen molar-refractivity contribution in [2.45, 2.75) is 31.7 Å². The zero-order chi connectivity index (χ0) is 27.2. The van der Waals surface area contributed by atoms with E-state index in [0.29, 0.717) is 32.6 Å². The van der Waals surface area contributed by atoms with Crippen molar-refractivity contribution >= 4 is 78.8 Å². The lowest BCUT2D eigenvalue weighted by atomic mass is 10.1. The van der Waals surface area contributed by atoms with Crippen molar-refractivity contribution in [3.63, 3.8) is 0 Å². The molecule has 202 valence electrons. The number of carbonyl (C=O) groups is 1. The van der Waals surface area contributed by atoms with Gasteiger partial charge < -0.3 is 15.0 Å². The average Bonchev–Trinajstić information content (AvgIpc) is 3.45. The number of hydrogen-bond acceptors (Lipinski definition) is 7. The monoisotopic (exact) mass is 686 g/mol. The molecule has 0 bridgehead atoms. The number of anilines is 2. The van der Waals surface area contributed by atoms with Crippen LogP contribution >= 0.6 is 33.9 Å². The van der Waals surface area contributed by atoms with Crippen LogP contribution in [0.2, 0.25) is 25.7 Å². The van der Waals surface area contributed by atoms with E-state index < -0.39 is 30.0 Å². The lowest BCUT2D eigenvalue weighted by molar-refractivity contribution is 0.0799. The summed E-state index contributed by atoms with van der Waals surface area (Å²) in [6.07, 6.45) is 3.24. The number of benzene rings is 1. The van der Waals surface area contributed by atoms with E-state index >= 15 is 0 Å². The molecule has 2 aliphatic rings. The molecule has 8 nitrogen and oxygen atoms in total. The molecule has 3 aromatic rings. The molecule has 4 heterocycles. The first-order valence-electron chi connectivity index (χ1n) is 12.2. The number of hydrogen-bond donors (Lipinski definition) is 1. The van der Waals surface area contributed by atoms with Crippen LogP contribution in [-0.2, 0) is 14.8 Å². The second-order valence-electron chi connectivity index (χ2n) is 10.5. The van der Waals surface area contributed by atoms with E-state index in [1.807, 2.05) is 22.6 Å². The van der Waals surface area contributed by atoms with Gasteiger partial charge in [-0.2, -0.15) is 4.31 Å². The number of amides is 1. The van der Waals surface area contributed by atoms with Crippen LogP contribution < -0.4 is 5.32 Å². The van der Waals surface area contributed by atoms with Gasteiger partial charge >= 0.3 is 0 Å². The van der Waals surface area contributed by atoms with Gasteiger partial charge in [0, 0.05) is 42.5 Å². The van der Waals surface area contributed by atoms with Crippen molar-refractivity contribution in [1.82, 2.24) is 14.2 Å². The van der Waals surface area contributed by atoms with Crippen LogP contribution in [0.1, 0.15) is 10.4 Å². The summed E-state index contributed by atoms with van der Waals surface area (Å²) in [4.78, 5) is 20.5. The zero-order valence-electron chi connectivity index (χ0n) is 21.2. The summed E-state index contributed by atoms with van der Waals surface area (Å²) in [6.45, 7) is 7.09. The maximum absolute atomic E-state index is 14.7. The molecule has 1 atom stereocenters. The zero-order valence-corrected chi connectivity index (χ0v) is 26.0. The first-order valence-corrected chi connectivity index (χ1v) is 19.4. The molecule has 1 aromatic carbocycles. The number of aromatic nitrogens is 1. The number of fused-ring (bicyclic) bond motifs is 2. The lowest BCUT2D eigenvalue weighted by Crippen LogP contribution is -2.50. The fourth-order valence-electron chi connectivity index (χ4n) is 4.46. The number of carbonyl (C=O) groups excluding carboxylic acids is 1. The number of pyridine rings is 1.